The second-order valence-corrected chi connectivity index (χ2v) is 2.94. The SMILES string of the molecule is CO[C@@H]1c2ccccc2[C@@H]1OC. The van der Waals surface area contributed by atoms with Crippen molar-refractivity contribution in [1.82, 2.24) is 0 Å². The summed E-state index contributed by atoms with van der Waals surface area (Å²) in [5, 5.41) is 0. The molecule has 12 heavy (non-hydrogen) atoms. The molecule has 1 aliphatic rings. The molecule has 64 valence electrons. The molecule has 0 amide bonds. The minimum atomic E-state index is 0.131. The third-order valence-electron chi connectivity index (χ3n) is 2.39. The molecule has 2 heteroatoms. The smallest absolute Gasteiger partial charge is 0.113 e. The summed E-state index contributed by atoms with van der Waals surface area (Å²) in [4.78, 5) is 0. The average molecular weight is 164 g/mol. The topological polar surface area (TPSA) is 18.5 Å². The fourth-order valence-electron chi connectivity index (χ4n) is 1.76. The maximum absolute atomic E-state index is 5.29. The Morgan fingerprint density at radius 2 is 1.33 bits per heavy atom. The maximum Gasteiger partial charge on any atom is 0.113 e. The van der Waals surface area contributed by atoms with Crippen LogP contribution in [0.1, 0.15) is 23.3 Å². The monoisotopic (exact) mass is 164 g/mol. The number of hydrogen-bond donors (Lipinski definition) is 0. The number of hydrogen-bond acceptors (Lipinski definition) is 2. The molecule has 0 saturated carbocycles. The van der Waals surface area contributed by atoms with E-state index in [1.54, 1.807) is 14.2 Å². The highest BCUT2D eigenvalue weighted by atomic mass is 16.5. The van der Waals surface area contributed by atoms with Gasteiger partial charge in [0.2, 0.25) is 0 Å². The predicted octanol–water partition coefficient (Wildman–Crippen LogP) is 2.08. The summed E-state index contributed by atoms with van der Waals surface area (Å²) in [5.74, 6) is 0. The standard InChI is InChI=1S/C10H12O2/c1-11-9-7-5-3-4-6-8(7)10(9)12-2/h3-6,9-10H,1-2H3/t9-,10+. The molecule has 0 unspecified atom stereocenters. The van der Waals surface area contributed by atoms with E-state index in [9.17, 15) is 0 Å². The highest BCUT2D eigenvalue weighted by Crippen LogP contribution is 2.46. The molecule has 0 N–H and O–H groups in total. The molecule has 0 aliphatic heterocycles. The van der Waals surface area contributed by atoms with E-state index >= 15 is 0 Å². The summed E-state index contributed by atoms with van der Waals surface area (Å²) >= 11 is 0. The van der Waals surface area contributed by atoms with Crippen LogP contribution >= 0.6 is 0 Å². The highest BCUT2D eigenvalue weighted by Gasteiger charge is 2.37. The van der Waals surface area contributed by atoms with E-state index in [-0.39, 0.29) is 12.2 Å². The zero-order valence-electron chi connectivity index (χ0n) is 7.28. The number of rotatable bonds is 2. The maximum atomic E-state index is 5.29. The summed E-state index contributed by atoms with van der Waals surface area (Å²) in [6, 6.07) is 8.21. The number of ether oxygens (including phenoxy) is 2. The number of fused-ring (bicyclic) bond motifs is 1. The van der Waals surface area contributed by atoms with Gasteiger partial charge in [0.15, 0.2) is 0 Å². The third kappa shape index (κ3) is 0.886. The molecule has 0 aromatic heterocycles. The van der Waals surface area contributed by atoms with Gasteiger partial charge in [-0.1, -0.05) is 24.3 Å². The fourth-order valence-corrected chi connectivity index (χ4v) is 1.76. The van der Waals surface area contributed by atoms with Crippen LogP contribution in [0.5, 0.6) is 0 Å². The van der Waals surface area contributed by atoms with Gasteiger partial charge in [-0.25, -0.2) is 0 Å². The van der Waals surface area contributed by atoms with Crippen LogP contribution in [0.3, 0.4) is 0 Å². The van der Waals surface area contributed by atoms with Crippen LogP contribution < -0.4 is 0 Å². The van der Waals surface area contributed by atoms with E-state index in [1.807, 2.05) is 12.1 Å². The van der Waals surface area contributed by atoms with Gasteiger partial charge in [0, 0.05) is 14.2 Å². The molecule has 1 aromatic rings. The molecule has 2 nitrogen and oxygen atoms in total. The molecule has 1 aromatic carbocycles. The van der Waals surface area contributed by atoms with Crippen molar-refractivity contribution in [2.45, 2.75) is 12.2 Å². The van der Waals surface area contributed by atoms with E-state index in [0.717, 1.165) is 0 Å². The Labute approximate surface area is 72.1 Å². The Morgan fingerprint density at radius 3 is 1.67 bits per heavy atom. The Hall–Kier alpha value is -0.860. The van der Waals surface area contributed by atoms with Crippen molar-refractivity contribution < 1.29 is 9.47 Å². The largest absolute Gasteiger partial charge is 0.374 e. The van der Waals surface area contributed by atoms with Crippen LogP contribution in [0.4, 0.5) is 0 Å². The highest BCUT2D eigenvalue weighted by molar-refractivity contribution is 5.41. The molecular formula is C10H12O2. The van der Waals surface area contributed by atoms with Gasteiger partial charge in [-0.2, -0.15) is 0 Å². The van der Waals surface area contributed by atoms with Gasteiger partial charge in [0.05, 0.1) is 0 Å². The lowest BCUT2D eigenvalue weighted by Crippen LogP contribution is -2.26. The van der Waals surface area contributed by atoms with Crippen LogP contribution in [0, 0.1) is 0 Å². The summed E-state index contributed by atoms with van der Waals surface area (Å²) in [6.45, 7) is 0. The van der Waals surface area contributed by atoms with E-state index < -0.39 is 0 Å². The third-order valence-corrected chi connectivity index (χ3v) is 2.39. The van der Waals surface area contributed by atoms with Crippen LogP contribution in [-0.4, -0.2) is 14.2 Å². The molecule has 0 bridgehead atoms. The van der Waals surface area contributed by atoms with Gasteiger partial charge in [0.1, 0.15) is 12.2 Å². The first-order chi connectivity index (χ1) is 5.88. The second kappa shape index (κ2) is 2.88. The Morgan fingerprint density at radius 1 is 0.917 bits per heavy atom. The number of benzene rings is 1. The van der Waals surface area contributed by atoms with Gasteiger partial charge < -0.3 is 9.47 Å². The van der Waals surface area contributed by atoms with Crippen molar-refractivity contribution in [2.24, 2.45) is 0 Å². The van der Waals surface area contributed by atoms with Gasteiger partial charge in [-0.15, -0.1) is 0 Å². The van der Waals surface area contributed by atoms with Crippen molar-refractivity contribution in [3.05, 3.63) is 35.4 Å². The van der Waals surface area contributed by atoms with E-state index in [4.69, 9.17) is 9.47 Å². The average Bonchev–Trinajstić information content (AvgIpc) is 2.08. The Bertz CT molecular complexity index is 254. The Balaban J connectivity index is 2.34. The first-order valence-corrected chi connectivity index (χ1v) is 4.03. The van der Waals surface area contributed by atoms with Gasteiger partial charge in [-0.05, 0) is 11.1 Å². The van der Waals surface area contributed by atoms with Crippen LogP contribution in [0.25, 0.3) is 0 Å². The zero-order chi connectivity index (χ0) is 8.55. The van der Waals surface area contributed by atoms with Crippen molar-refractivity contribution >= 4 is 0 Å². The molecule has 2 rings (SSSR count). The van der Waals surface area contributed by atoms with Crippen molar-refractivity contribution in [1.29, 1.82) is 0 Å². The van der Waals surface area contributed by atoms with Crippen molar-refractivity contribution in [2.75, 3.05) is 14.2 Å². The summed E-state index contributed by atoms with van der Waals surface area (Å²) < 4.78 is 10.6. The van der Waals surface area contributed by atoms with Crippen LogP contribution in [-0.2, 0) is 9.47 Å². The summed E-state index contributed by atoms with van der Waals surface area (Å²) in [6.07, 6.45) is 0.261. The lowest BCUT2D eigenvalue weighted by molar-refractivity contribution is -0.0652. The fraction of sp³-hybridized carbons (Fsp3) is 0.400. The quantitative estimate of drug-likeness (QED) is 0.666. The minimum absolute atomic E-state index is 0.131. The number of methoxy groups -OCH3 is 2. The first-order valence-electron chi connectivity index (χ1n) is 4.03. The summed E-state index contributed by atoms with van der Waals surface area (Å²) in [7, 11) is 3.43. The Kier molecular flexibility index (Phi) is 1.87. The minimum Gasteiger partial charge on any atom is -0.374 e. The molecule has 0 heterocycles. The van der Waals surface area contributed by atoms with Gasteiger partial charge in [0.25, 0.3) is 0 Å². The van der Waals surface area contributed by atoms with Crippen LogP contribution in [0.15, 0.2) is 24.3 Å². The lowest BCUT2D eigenvalue weighted by atomic mass is 9.82. The van der Waals surface area contributed by atoms with E-state index in [2.05, 4.69) is 12.1 Å². The zero-order valence-corrected chi connectivity index (χ0v) is 7.28. The molecule has 0 radical (unpaired) electrons. The predicted molar refractivity (Wildman–Crippen MR) is 45.9 cm³/mol. The molecule has 1 aliphatic carbocycles. The van der Waals surface area contributed by atoms with Crippen molar-refractivity contribution in [3.8, 4) is 0 Å². The lowest BCUT2D eigenvalue weighted by Gasteiger charge is -2.37. The first kappa shape index (κ1) is 7.77. The van der Waals surface area contributed by atoms with Crippen molar-refractivity contribution in [3.63, 3.8) is 0 Å². The molecular weight excluding hydrogens is 152 g/mol. The molecule has 0 saturated heterocycles. The molecule has 0 fully saturated rings. The van der Waals surface area contributed by atoms with Gasteiger partial charge >= 0.3 is 0 Å². The normalized spacial score (nSPS) is 26.2. The molecule has 0 spiro atoms. The van der Waals surface area contributed by atoms with Gasteiger partial charge in [-0.3, -0.25) is 0 Å². The molecule has 2 atom stereocenters. The second-order valence-electron chi connectivity index (χ2n) is 2.94. The van der Waals surface area contributed by atoms with Crippen LogP contribution in [0.2, 0.25) is 0 Å². The van der Waals surface area contributed by atoms with E-state index in [1.165, 1.54) is 11.1 Å². The van der Waals surface area contributed by atoms with E-state index in [0.29, 0.717) is 0 Å². The summed E-state index contributed by atoms with van der Waals surface area (Å²) in [5.41, 5.74) is 2.51.